The summed E-state index contributed by atoms with van der Waals surface area (Å²) in [6, 6.07) is 0.749. The summed E-state index contributed by atoms with van der Waals surface area (Å²) >= 11 is 0. The number of nitrogens with one attached hydrogen (secondary N) is 1. The number of amides is 2. The zero-order valence-electron chi connectivity index (χ0n) is 14.4. The van der Waals surface area contributed by atoms with E-state index in [1.807, 2.05) is 19.0 Å². The first-order valence-electron chi connectivity index (χ1n) is 8.88. The number of carbonyl (C=O) groups excluding carboxylic acids is 1. The molecule has 1 saturated carbocycles. The highest BCUT2D eigenvalue weighted by Gasteiger charge is 2.42. The number of carbonyl (C=O) groups is 1. The second kappa shape index (κ2) is 7.06. The Morgan fingerprint density at radius 2 is 2.00 bits per heavy atom. The molecule has 4 atom stereocenters. The summed E-state index contributed by atoms with van der Waals surface area (Å²) in [6.07, 6.45) is 4.69. The Morgan fingerprint density at radius 1 is 1.30 bits per heavy atom. The SMILES string of the molecule is [C-]#[N+][C@@H]1CCCN1CCN[C@H]1C[C@@H]2CN(C(=O)N(C)C)C[C@@H]2C1. The fourth-order valence-electron chi connectivity index (χ4n) is 4.53. The number of nitrogens with zero attached hydrogens (tertiary/aromatic N) is 4. The summed E-state index contributed by atoms with van der Waals surface area (Å²) in [7, 11) is 3.66. The number of urea groups is 1. The predicted molar refractivity (Wildman–Crippen MR) is 89.9 cm³/mol. The van der Waals surface area contributed by atoms with Gasteiger partial charge < -0.3 is 15.1 Å². The first-order chi connectivity index (χ1) is 11.1. The Kier molecular flexibility index (Phi) is 5.08. The van der Waals surface area contributed by atoms with E-state index in [0.29, 0.717) is 17.9 Å². The molecule has 2 saturated heterocycles. The third-order valence-electron chi connectivity index (χ3n) is 5.71. The van der Waals surface area contributed by atoms with Crippen LogP contribution in [-0.2, 0) is 0 Å². The van der Waals surface area contributed by atoms with Crippen LogP contribution in [0.3, 0.4) is 0 Å². The Bertz CT molecular complexity index is 460. The van der Waals surface area contributed by atoms with E-state index in [2.05, 4.69) is 15.1 Å². The van der Waals surface area contributed by atoms with Crippen LogP contribution in [0.1, 0.15) is 25.7 Å². The van der Waals surface area contributed by atoms with Crippen molar-refractivity contribution in [2.75, 3.05) is 46.8 Å². The molecule has 6 heteroatoms. The molecular weight excluding hydrogens is 290 g/mol. The number of likely N-dealkylation sites (tertiary alicyclic amines) is 2. The standard InChI is InChI=1S/C17H29N5O/c1-18-16-5-4-7-21(16)8-6-19-15-9-13-11-22(12-14(13)10-15)17(23)20(2)3/h13-16,19H,4-12H2,2-3H3/t13-,14+,15+,16-/m0/s1. The van der Waals surface area contributed by atoms with E-state index in [0.717, 1.165) is 45.6 Å². The Labute approximate surface area is 139 Å². The molecule has 3 fully saturated rings. The molecule has 0 radical (unpaired) electrons. The van der Waals surface area contributed by atoms with E-state index in [1.54, 1.807) is 4.90 Å². The lowest BCUT2D eigenvalue weighted by Crippen LogP contribution is -2.40. The van der Waals surface area contributed by atoms with Gasteiger partial charge in [0.2, 0.25) is 0 Å². The molecule has 2 aliphatic heterocycles. The largest absolute Gasteiger partial charge is 0.331 e. The maximum absolute atomic E-state index is 12.0. The van der Waals surface area contributed by atoms with Crippen LogP contribution in [0.25, 0.3) is 4.85 Å². The summed E-state index contributed by atoms with van der Waals surface area (Å²) in [5.41, 5.74) is 0. The van der Waals surface area contributed by atoms with E-state index in [-0.39, 0.29) is 12.2 Å². The molecule has 0 spiro atoms. The molecular formula is C17H29N5O. The molecule has 0 bridgehead atoms. The van der Waals surface area contributed by atoms with Gasteiger partial charge in [0.25, 0.3) is 6.17 Å². The van der Waals surface area contributed by atoms with E-state index >= 15 is 0 Å². The highest BCUT2D eigenvalue weighted by Crippen LogP contribution is 2.38. The van der Waals surface area contributed by atoms with E-state index in [1.165, 1.54) is 12.8 Å². The Hall–Kier alpha value is -1.32. The van der Waals surface area contributed by atoms with E-state index in [9.17, 15) is 4.79 Å². The van der Waals surface area contributed by atoms with Crippen molar-refractivity contribution in [2.24, 2.45) is 11.8 Å². The quantitative estimate of drug-likeness (QED) is 0.795. The van der Waals surface area contributed by atoms with Gasteiger partial charge >= 0.3 is 6.03 Å². The predicted octanol–water partition coefficient (Wildman–Crippen LogP) is 1.31. The van der Waals surface area contributed by atoms with Crippen LogP contribution in [-0.4, -0.2) is 79.8 Å². The van der Waals surface area contributed by atoms with Gasteiger partial charge in [-0.05, 0) is 31.1 Å². The topological polar surface area (TPSA) is 43.2 Å². The van der Waals surface area contributed by atoms with Crippen molar-refractivity contribution < 1.29 is 4.79 Å². The molecule has 6 nitrogen and oxygen atoms in total. The summed E-state index contributed by atoms with van der Waals surface area (Å²) in [5, 5.41) is 3.69. The van der Waals surface area contributed by atoms with Gasteiger partial charge in [0.05, 0.1) is 0 Å². The third-order valence-corrected chi connectivity index (χ3v) is 5.71. The van der Waals surface area contributed by atoms with Crippen LogP contribution >= 0.6 is 0 Å². The maximum Gasteiger partial charge on any atom is 0.319 e. The average Bonchev–Trinajstić information content (AvgIpc) is 3.20. The third kappa shape index (κ3) is 3.61. The van der Waals surface area contributed by atoms with E-state index < -0.39 is 0 Å². The van der Waals surface area contributed by atoms with Crippen LogP contribution in [0, 0.1) is 18.4 Å². The fourth-order valence-corrected chi connectivity index (χ4v) is 4.53. The lowest BCUT2D eigenvalue weighted by atomic mass is 10.0. The minimum atomic E-state index is 0.116. The Balaban J connectivity index is 1.38. The number of hydrogen-bond donors (Lipinski definition) is 1. The molecule has 128 valence electrons. The summed E-state index contributed by atoms with van der Waals surface area (Å²) in [5.74, 6) is 1.33. The van der Waals surface area contributed by atoms with Crippen molar-refractivity contribution in [3.63, 3.8) is 0 Å². The van der Waals surface area contributed by atoms with Crippen molar-refractivity contribution in [1.82, 2.24) is 20.0 Å². The van der Waals surface area contributed by atoms with Gasteiger partial charge in [0, 0.05) is 59.3 Å². The molecule has 0 aromatic carbocycles. The van der Waals surface area contributed by atoms with E-state index in [4.69, 9.17) is 6.57 Å². The lowest BCUT2D eigenvalue weighted by Gasteiger charge is -2.23. The minimum Gasteiger partial charge on any atom is -0.331 e. The van der Waals surface area contributed by atoms with Crippen molar-refractivity contribution in [1.29, 1.82) is 0 Å². The van der Waals surface area contributed by atoms with Crippen LogP contribution in [0.4, 0.5) is 4.79 Å². The molecule has 0 aromatic rings. The fraction of sp³-hybridized carbons (Fsp3) is 0.882. The highest BCUT2D eigenvalue weighted by atomic mass is 16.2. The van der Waals surface area contributed by atoms with Crippen LogP contribution in [0.5, 0.6) is 0 Å². The summed E-state index contributed by atoms with van der Waals surface area (Å²) < 4.78 is 0. The number of rotatable bonds is 4. The van der Waals surface area contributed by atoms with Crippen molar-refractivity contribution in [2.45, 2.75) is 37.9 Å². The first kappa shape index (κ1) is 16.5. The molecule has 1 aliphatic carbocycles. The van der Waals surface area contributed by atoms with Gasteiger partial charge in [0.1, 0.15) is 0 Å². The second-order valence-corrected chi connectivity index (χ2v) is 7.51. The van der Waals surface area contributed by atoms with Gasteiger partial charge in [-0.15, -0.1) is 0 Å². The summed E-state index contributed by atoms with van der Waals surface area (Å²) in [4.78, 5) is 21.8. The Morgan fingerprint density at radius 3 is 2.61 bits per heavy atom. The van der Waals surface area contributed by atoms with Gasteiger partial charge in [-0.2, -0.15) is 0 Å². The lowest BCUT2D eigenvalue weighted by molar-refractivity contribution is 0.177. The summed E-state index contributed by atoms with van der Waals surface area (Å²) in [6.45, 7) is 12.1. The maximum atomic E-state index is 12.0. The van der Waals surface area contributed by atoms with Crippen LogP contribution in [0.15, 0.2) is 0 Å². The zero-order chi connectivity index (χ0) is 16.4. The van der Waals surface area contributed by atoms with Gasteiger partial charge in [-0.25, -0.2) is 16.3 Å². The highest BCUT2D eigenvalue weighted by molar-refractivity contribution is 5.74. The normalized spacial score (nSPS) is 33.7. The molecule has 3 aliphatic rings. The molecule has 0 aromatic heterocycles. The first-order valence-corrected chi connectivity index (χ1v) is 8.88. The molecule has 23 heavy (non-hydrogen) atoms. The molecule has 2 amide bonds. The van der Waals surface area contributed by atoms with Crippen molar-refractivity contribution in [3.05, 3.63) is 11.4 Å². The zero-order valence-corrected chi connectivity index (χ0v) is 14.4. The van der Waals surface area contributed by atoms with Crippen molar-refractivity contribution in [3.8, 4) is 0 Å². The molecule has 2 heterocycles. The monoisotopic (exact) mass is 319 g/mol. The molecule has 3 rings (SSSR count). The van der Waals surface area contributed by atoms with Crippen LogP contribution < -0.4 is 5.32 Å². The van der Waals surface area contributed by atoms with Crippen molar-refractivity contribution >= 4 is 6.03 Å². The molecule has 1 N–H and O–H groups in total. The minimum absolute atomic E-state index is 0.116. The number of fused-ring (bicyclic) bond motifs is 1. The van der Waals surface area contributed by atoms with Gasteiger partial charge in [-0.1, -0.05) is 0 Å². The molecule has 0 unspecified atom stereocenters. The van der Waals surface area contributed by atoms with Crippen LogP contribution in [0.2, 0.25) is 0 Å². The average molecular weight is 319 g/mol. The van der Waals surface area contributed by atoms with Gasteiger partial charge in [-0.3, -0.25) is 4.85 Å². The smallest absolute Gasteiger partial charge is 0.319 e. The van der Waals surface area contributed by atoms with Gasteiger partial charge in [0.15, 0.2) is 0 Å². The number of hydrogen-bond acceptors (Lipinski definition) is 3. The second-order valence-electron chi connectivity index (χ2n) is 7.51.